The Morgan fingerprint density at radius 2 is 1.74 bits per heavy atom. The second-order valence-corrected chi connectivity index (χ2v) is 5.52. The molecule has 1 aromatic heterocycles. The van der Waals surface area contributed by atoms with Gasteiger partial charge in [-0.2, -0.15) is 0 Å². The second-order valence-electron chi connectivity index (χ2n) is 5.08. The van der Waals surface area contributed by atoms with E-state index in [4.69, 9.17) is 11.6 Å². The molecule has 0 saturated carbocycles. The number of carbonyl (C=O) groups excluding carboxylic acids is 1. The monoisotopic (exact) mass is 322 g/mol. The zero-order valence-corrected chi connectivity index (χ0v) is 13.1. The molecule has 2 aromatic carbocycles. The molecule has 23 heavy (non-hydrogen) atoms. The lowest BCUT2D eigenvalue weighted by molar-refractivity contribution is 0.0942. The summed E-state index contributed by atoms with van der Waals surface area (Å²) >= 11 is 5.97. The lowest BCUT2D eigenvalue weighted by Gasteiger charge is -2.19. The molecule has 3 rings (SSSR count). The van der Waals surface area contributed by atoms with Gasteiger partial charge in [-0.25, -0.2) is 0 Å². The first-order valence-electron chi connectivity index (χ1n) is 7.26. The van der Waals surface area contributed by atoms with Crippen LogP contribution < -0.4 is 5.32 Å². The van der Waals surface area contributed by atoms with Crippen LogP contribution in [0.4, 0.5) is 0 Å². The van der Waals surface area contributed by atoms with Crippen LogP contribution in [0.2, 0.25) is 5.02 Å². The predicted octanol–water partition coefficient (Wildman–Crippen LogP) is 4.25. The molecule has 1 amide bonds. The van der Waals surface area contributed by atoms with Gasteiger partial charge in [0.2, 0.25) is 0 Å². The van der Waals surface area contributed by atoms with Crippen molar-refractivity contribution in [3.63, 3.8) is 0 Å². The van der Waals surface area contributed by atoms with Gasteiger partial charge in [0.15, 0.2) is 0 Å². The molecule has 114 valence electrons. The number of nitrogens with one attached hydrogen (secondary N) is 1. The fraction of sp³-hybridized carbons (Fsp3) is 0.0526. The van der Waals surface area contributed by atoms with E-state index in [1.54, 1.807) is 30.5 Å². The smallest absolute Gasteiger partial charge is 0.252 e. The van der Waals surface area contributed by atoms with Crippen LogP contribution in [0.1, 0.15) is 27.7 Å². The summed E-state index contributed by atoms with van der Waals surface area (Å²) in [5, 5.41) is 3.57. The van der Waals surface area contributed by atoms with E-state index in [9.17, 15) is 4.79 Å². The maximum atomic E-state index is 12.6. The molecular weight excluding hydrogens is 308 g/mol. The van der Waals surface area contributed by atoms with Crippen molar-refractivity contribution in [3.8, 4) is 0 Å². The number of nitrogens with zero attached hydrogens (tertiary/aromatic N) is 1. The van der Waals surface area contributed by atoms with Crippen molar-refractivity contribution in [2.24, 2.45) is 0 Å². The third kappa shape index (κ3) is 3.76. The lowest BCUT2D eigenvalue weighted by atomic mass is 10.0. The Morgan fingerprint density at radius 1 is 0.957 bits per heavy atom. The van der Waals surface area contributed by atoms with Crippen molar-refractivity contribution < 1.29 is 4.79 Å². The highest BCUT2D eigenvalue weighted by atomic mass is 35.5. The van der Waals surface area contributed by atoms with Crippen molar-refractivity contribution in [1.82, 2.24) is 10.3 Å². The summed E-state index contributed by atoms with van der Waals surface area (Å²) < 4.78 is 0. The van der Waals surface area contributed by atoms with E-state index in [0.717, 1.165) is 11.3 Å². The van der Waals surface area contributed by atoms with Crippen LogP contribution in [0.15, 0.2) is 79.0 Å². The molecule has 0 bridgehead atoms. The van der Waals surface area contributed by atoms with Crippen molar-refractivity contribution >= 4 is 17.5 Å². The Bertz CT molecular complexity index is 751. The fourth-order valence-corrected chi connectivity index (χ4v) is 2.55. The van der Waals surface area contributed by atoms with Gasteiger partial charge >= 0.3 is 0 Å². The van der Waals surface area contributed by atoms with Crippen LogP contribution >= 0.6 is 11.6 Å². The number of halogens is 1. The molecule has 4 heteroatoms. The maximum absolute atomic E-state index is 12.6. The van der Waals surface area contributed by atoms with Gasteiger partial charge in [-0.3, -0.25) is 9.78 Å². The van der Waals surface area contributed by atoms with Crippen molar-refractivity contribution in [1.29, 1.82) is 0 Å². The van der Waals surface area contributed by atoms with Crippen molar-refractivity contribution in [3.05, 3.63) is 101 Å². The number of carbonyl (C=O) groups is 1. The SMILES string of the molecule is O=C(NC(c1ccccc1)c1ccccn1)c1cccc(Cl)c1. The molecule has 0 saturated heterocycles. The first-order chi connectivity index (χ1) is 11.2. The maximum Gasteiger partial charge on any atom is 0.252 e. The molecule has 0 aliphatic carbocycles. The quantitative estimate of drug-likeness (QED) is 0.780. The molecule has 3 nitrogen and oxygen atoms in total. The summed E-state index contributed by atoms with van der Waals surface area (Å²) in [5.41, 5.74) is 2.28. The van der Waals surface area contributed by atoms with Crippen LogP contribution in [-0.2, 0) is 0 Å². The minimum absolute atomic E-state index is 0.188. The topological polar surface area (TPSA) is 42.0 Å². The zero-order valence-electron chi connectivity index (χ0n) is 12.3. The van der Waals surface area contributed by atoms with Gasteiger partial charge in [-0.1, -0.05) is 54.1 Å². The van der Waals surface area contributed by atoms with Gasteiger partial charge in [0.25, 0.3) is 5.91 Å². The Kier molecular flexibility index (Phi) is 4.69. The van der Waals surface area contributed by atoms with E-state index >= 15 is 0 Å². The van der Waals surface area contributed by atoms with Gasteiger partial charge < -0.3 is 5.32 Å². The third-order valence-electron chi connectivity index (χ3n) is 3.48. The van der Waals surface area contributed by atoms with Crippen LogP contribution in [0, 0.1) is 0 Å². The van der Waals surface area contributed by atoms with Gasteiger partial charge in [-0.05, 0) is 35.9 Å². The number of aromatic nitrogens is 1. The average Bonchev–Trinajstić information content (AvgIpc) is 2.61. The molecule has 0 radical (unpaired) electrons. The molecule has 0 fully saturated rings. The van der Waals surface area contributed by atoms with Crippen LogP contribution in [0.25, 0.3) is 0 Å². The molecular formula is C19H15ClN2O. The highest BCUT2D eigenvalue weighted by molar-refractivity contribution is 6.30. The largest absolute Gasteiger partial charge is 0.340 e. The van der Waals surface area contributed by atoms with E-state index in [0.29, 0.717) is 10.6 Å². The van der Waals surface area contributed by atoms with Crippen LogP contribution in [-0.4, -0.2) is 10.9 Å². The fourth-order valence-electron chi connectivity index (χ4n) is 2.36. The first kappa shape index (κ1) is 15.3. The van der Waals surface area contributed by atoms with Gasteiger partial charge in [0.05, 0.1) is 11.7 Å². The van der Waals surface area contributed by atoms with Gasteiger partial charge in [0, 0.05) is 16.8 Å². The summed E-state index contributed by atoms with van der Waals surface area (Å²) in [4.78, 5) is 16.9. The molecule has 0 spiro atoms. The number of hydrogen-bond acceptors (Lipinski definition) is 2. The minimum atomic E-state index is -0.316. The summed E-state index contributed by atoms with van der Waals surface area (Å²) in [6.07, 6.45) is 1.72. The summed E-state index contributed by atoms with van der Waals surface area (Å²) in [5.74, 6) is -0.188. The molecule has 1 N–H and O–H groups in total. The second kappa shape index (κ2) is 7.07. The van der Waals surface area contributed by atoms with Crippen LogP contribution in [0.5, 0.6) is 0 Å². The van der Waals surface area contributed by atoms with E-state index in [1.807, 2.05) is 48.5 Å². The Labute approximate surface area is 140 Å². The minimum Gasteiger partial charge on any atom is -0.340 e. The number of benzene rings is 2. The van der Waals surface area contributed by atoms with Crippen LogP contribution in [0.3, 0.4) is 0 Å². The van der Waals surface area contributed by atoms with E-state index in [-0.39, 0.29) is 11.9 Å². The molecule has 1 atom stereocenters. The Balaban J connectivity index is 1.92. The third-order valence-corrected chi connectivity index (χ3v) is 3.71. The number of rotatable bonds is 4. The van der Waals surface area contributed by atoms with Gasteiger partial charge in [-0.15, -0.1) is 0 Å². The number of hydrogen-bond donors (Lipinski definition) is 1. The molecule has 0 aliphatic heterocycles. The average molecular weight is 323 g/mol. The first-order valence-corrected chi connectivity index (χ1v) is 7.64. The molecule has 1 unspecified atom stereocenters. The zero-order chi connectivity index (χ0) is 16.1. The highest BCUT2D eigenvalue weighted by Gasteiger charge is 2.18. The summed E-state index contributed by atoms with van der Waals surface area (Å²) in [6, 6.07) is 22.0. The van der Waals surface area contributed by atoms with Crippen molar-refractivity contribution in [2.75, 3.05) is 0 Å². The molecule has 0 aliphatic rings. The Morgan fingerprint density at radius 3 is 2.43 bits per heavy atom. The normalized spacial score (nSPS) is 11.7. The molecule has 1 heterocycles. The predicted molar refractivity (Wildman–Crippen MR) is 91.4 cm³/mol. The van der Waals surface area contributed by atoms with Crippen molar-refractivity contribution in [2.45, 2.75) is 6.04 Å². The van der Waals surface area contributed by atoms with E-state index < -0.39 is 0 Å². The summed E-state index contributed by atoms with van der Waals surface area (Å²) in [7, 11) is 0. The summed E-state index contributed by atoms with van der Waals surface area (Å²) in [6.45, 7) is 0. The highest BCUT2D eigenvalue weighted by Crippen LogP contribution is 2.21. The number of pyridine rings is 1. The lowest BCUT2D eigenvalue weighted by Crippen LogP contribution is -2.29. The Hall–Kier alpha value is -2.65. The van der Waals surface area contributed by atoms with E-state index in [2.05, 4.69) is 10.3 Å². The van der Waals surface area contributed by atoms with E-state index in [1.165, 1.54) is 0 Å². The number of amides is 1. The standard InChI is InChI=1S/C19H15ClN2O/c20-16-10-6-9-15(13-16)19(23)22-18(14-7-2-1-3-8-14)17-11-4-5-12-21-17/h1-13,18H,(H,22,23). The molecule has 3 aromatic rings. The van der Waals surface area contributed by atoms with Gasteiger partial charge in [0.1, 0.15) is 0 Å².